The molecule has 0 bridgehead atoms. The minimum Gasteiger partial charge on any atom is -0.480 e. The van der Waals surface area contributed by atoms with E-state index in [0.717, 1.165) is 0 Å². The van der Waals surface area contributed by atoms with Gasteiger partial charge in [0.2, 0.25) is 17.7 Å². The van der Waals surface area contributed by atoms with E-state index in [1.165, 1.54) is 6.92 Å². The molecule has 0 spiro atoms. The molecule has 12 heteroatoms. The number of rotatable bonds is 15. The molecule has 0 heterocycles. The van der Waals surface area contributed by atoms with Crippen LogP contribution in [0, 0.1) is 0 Å². The topological polar surface area (TPSA) is 197 Å². The van der Waals surface area contributed by atoms with Gasteiger partial charge in [0.1, 0.15) is 18.1 Å². The molecule has 168 valence electrons. The predicted molar refractivity (Wildman–Crippen MR) is 110 cm³/mol. The molecule has 9 N–H and O–H groups in total. The summed E-state index contributed by atoms with van der Waals surface area (Å²) in [6, 6.07) is -4.29. The quantitative estimate of drug-likeness (QED) is 0.139. The number of carbonyl (C=O) groups is 4. The van der Waals surface area contributed by atoms with E-state index in [4.69, 9.17) is 16.6 Å². The van der Waals surface area contributed by atoms with Crippen molar-refractivity contribution < 1.29 is 29.4 Å². The molecule has 0 fully saturated rings. The number of carboxylic acids is 1. The van der Waals surface area contributed by atoms with Crippen LogP contribution in [0.1, 0.15) is 32.6 Å². The fourth-order valence-corrected chi connectivity index (χ4v) is 2.75. The largest absolute Gasteiger partial charge is 0.480 e. The van der Waals surface area contributed by atoms with E-state index in [-0.39, 0.29) is 6.42 Å². The maximum absolute atomic E-state index is 12.6. The Morgan fingerprint density at radius 3 is 2.07 bits per heavy atom. The van der Waals surface area contributed by atoms with Gasteiger partial charge in [0.25, 0.3) is 0 Å². The van der Waals surface area contributed by atoms with Crippen molar-refractivity contribution in [2.24, 2.45) is 11.5 Å². The van der Waals surface area contributed by atoms with Crippen molar-refractivity contribution in [3.05, 3.63) is 0 Å². The van der Waals surface area contributed by atoms with Gasteiger partial charge >= 0.3 is 5.97 Å². The molecule has 11 nitrogen and oxygen atoms in total. The number of aliphatic hydroxyl groups excluding tert-OH is 1. The van der Waals surface area contributed by atoms with Crippen LogP contribution in [0.2, 0.25) is 0 Å². The molecule has 4 unspecified atom stereocenters. The first-order chi connectivity index (χ1) is 13.7. The Balaban J connectivity index is 5.04. The third-order valence-electron chi connectivity index (χ3n) is 4.09. The molecule has 29 heavy (non-hydrogen) atoms. The molecule has 0 aromatic heterocycles. The lowest BCUT2D eigenvalue weighted by Gasteiger charge is -2.24. The fraction of sp³-hybridized carbons (Fsp3) is 0.765. The SMILES string of the molecule is CSCCC(N)C(=O)NC(CCCCN)C(=O)NC(CO)C(=O)NC(C)C(=O)O. The first-order valence-electron chi connectivity index (χ1n) is 9.37. The molecular formula is C17H33N5O6S. The first-order valence-corrected chi connectivity index (χ1v) is 10.8. The monoisotopic (exact) mass is 435 g/mol. The van der Waals surface area contributed by atoms with Gasteiger partial charge < -0.3 is 37.6 Å². The Hall–Kier alpha value is -1.89. The minimum absolute atomic E-state index is 0.273. The van der Waals surface area contributed by atoms with E-state index in [2.05, 4.69) is 16.0 Å². The average Bonchev–Trinajstić information content (AvgIpc) is 2.68. The first kappa shape index (κ1) is 27.1. The van der Waals surface area contributed by atoms with Gasteiger partial charge in [0, 0.05) is 0 Å². The summed E-state index contributed by atoms with van der Waals surface area (Å²) in [6.45, 7) is 0.938. The summed E-state index contributed by atoms with van der Waals surface area (Å²) in [5.74, 6) is -2.58. The molecule has 0 rings (SSSR count). The van der Waals surface area contributed by atoms with Crippen molar-refractivity contribution in [2.45, 2.75) is 56.8 Å². The summed E-state index contributed by atoms with van der Waals surface area (Å²) in [5.41, 5.74) is 11.3. The molecule has 0 aromatic carbocycles. The van der Waals surface area contributed by atoms with Crippen LogP contribution < -0.4 is 27.4 Å². The van der Waals surface area contributed by atoms with Crippen LogP contribution >= 0.6 is 11.8 Å². The molecule has 3 amide bonds. The van der Waals surface area contributed by atoms with Gasteiger partial charge in [-0.1, -0.05) is 0 Å². The summed E-state index contributed by atoms with van der Waals surface area (Å²) >= 11 is 1.54. The van der Waals surface area contributed by atoms with Crippen molar-refractivity contribution in [3.8, 4) is 0 Å². The van der Waals surface area contributed by atoms with Gasteiger partial charge in [0.05, 0.1) is 12.6 Å². The summed E-state index contributed by atoms with van der Waals surface area (Å²) in [7, 11) is 0. The summed E-state index contributed by atoms with van der Waals surface area (Å²) in [5, 5.41) is 25.4. The van der Waals surface area contributed by atoms with Crippen molar-refractivity contribution in [1.29, 1.82) is 0 Å². The number of carbonyl (C=O) groups excluding carboxylic acids is 3. The van der Waals surface area contributed by atoms with Gasteiger partial charge in [-0.2, -0.15) is 11.8 Å². The van der Waals surface area contributed by atoms with Crippen LogP contribution in [-0.2, 0) is 19.2 Å². The van der Waals surface area contributed by atoms with Gasteiger partial charge in [-0.25, -0.2) is 0 Å². The number of hydrogen-bond acceptors (Lipinski definition) is 8. The lowest BCUT2D eigenvalue weighted by Crippen LogP contribution is -2.57. The van der Waals surface area contributed by atoms with Crippen molar-refractivity contribution in [2.75, 3.05) is 25.2 Å². The molecule has 4 atom stereocenters. The number of hydrogen-bond donors (Lipinski definition) is 7. The number of nitrogens with one attached hydrogen (secondary N) is 3. The normalized spacial score (nSPS) is 14.9. The molecule has 0 aromatic rings. The Morgan fingerprint density at radius 1 is 0.966 bits per heavy atom. The van der Waals surface area contributed by atoms with E-state index in [9.17, 15) is 24.3 Å². The zero-order valence-electron chi connectivity index (χ0n) is 16.8. The van der Waals surface area contributed by atoms with Crippen LogP contribution in [0.4, 0.5) is 0 Å². The zero-order valence-corrected chi connectivity index (χ0v) is 17.7. The minimum atomic E-state index is -1.36. The molecule has 0 aliphatic rings. The third kappa shape index (κ3) is 11.0. The molecular weight excluding hydrogens is 402 g/mol. The van der Waals surface area contributed by atoms with Gasteiger partial charge in [-0.15, -0.1) is 0 Å². The van der Waals surface area contributed by atoms with E-state index in [1.807, 2.05) is 6.26 Å². The van der Waals surface area contributed by atoms with Crippen molar-refractivity contribution in [3.63, 3.8) is 0 Å². The molecule has 0 aliphatic heterocycles. The van der Waals surface area contributed by atoms with E-state index in [1.54, 1.807) is 11.8 Å². The second-order valence-corrected chi connectivity index (χ2v) is 7.53. The highest BCUT2D eigenvalue weighted by molar-refractivity contribution is 7.98. The smallest absolute Gasteiger partial charge is 0.325 e. The molecule has 0 aliphatic carbocycles. The Labute approximate surface area is 174 Å². The Morgan fingerprint density at radius 2 is 1.55 bits per heavy atom. The fourth-order valence-electron chi connectivity index (χ4n) is 2.26. The van der Waals surface area contributed by atoms with E-state index < -0.39 is 54.5 Å². The summed E-state index contributed by atoms with van der Waals surface area (Å²) in [6.07, 6.45) is 3.80. The van der Waals surface area contributed by atoms with Gasteiger partial charge in [-0.05, 0) is 51.2 Å². The number of aliphatic carboxylic acids is 1. The Kier molecular flexibility index (Phi) is 14.0. The van der Waals surface area contributed by atoms with Crippen molar-refractivity contribution >= 4 is 35.5 Å². The van der Waals surface area contributed by atoms with Crippen LogP contribution in [0.25, 0.3) is 0 Å². The zero-order chi connectivity index (χ0) is 22.4. The van der Waals surface area contributed by atoms with Crippen LogP contribution in [0.3, 0.4) is 0 Å². The van der Waals surface area contributed by atoms with Gasteiger partial charge in [-0.3, -0.25) is 19.2 Å². The number of thioether (sulfide) groups is 1. The number of carboxylic acid groups (broad SMARTS) is 1. The lowest BCUT2D eigenvalue weighted by molar-refractivity contribution is -0.142. The van der Waals surface area contributed by atoms with Crippen LogP contribution in [0.15, 0.2) is 0 Å². The standard InChI is InChI=1S/C17H33N5O6S/c1-10(17(27)28)20-16(26)13(9-23)22-15(25)12(5-3-4-7-18)21-14(24)11(19)6-8-29-2/h10-13,23H,3-9,18-19H2,1-2H3,(H,20,26)(H,21,24)(H,22,25)(H,27,28). The maximum atomic E-state index is 12.6. The average molecular weight is 436 g/mol. The Bertz CT molecular complexity index is 550. The number of aliphatic hydroxyl groups is 1. The van der Waals surface area contributed by atoms with Crippen LogP contribution in [0.5, 0.6) is 0 Å². The number of amides is 3. The maximum Gasteiger partial charge on any atom is 0.325 e. The van der Waals surface area contributed by atoms with E-state index >= 15 is 0 Å². The van der Waals surface area contributed by atoms with Crippen LogP contribution in [-0.4, -0.2) is 83.2 Å². The summed E-state index contributed by atoms with van der Waals surface area (Å²) in [4.78, 5) is 47.8. The highest BCUT2D eigenvalue weighted by atomic mass is 32.2. The summed E-state index contributed by atoms with van der Waals surface area (Å²) < 4.78 is 0. The number of nitrogens with two attached hydrogens (primary N) is 2. The predicted octanol–water partition coefficient (Wildman–Crippen LogP) is -2.25. The second-order valence-electron chi connectivity index (χ2n) is 6.55. The highest BCUT2D eigenvalue weighted by Gasteiger charge is 2.28. The van der Waals surface area contributed by atoms with Gasteiger partial charge in [0.15, 0.2) is 0 Å². The highest BCUT2D eigenvalue weighted by Crippen LogP contribution is 2.04. The molecule has 0 saturated carbocycles. The van der Waals surface area contributed by atoms with E-state index in [0.29, 0.717) is 31.6 Å². The second kappa shape index (κ2) is 15.0. The third-order valence-corrected chi connectivity index (χ3v) is 4.74. The number of unbranched alkanes of at least 4 members (excludes halogenated alkanes) is 1. The molecule has 0 saturated heterocycles. The lowest BCUT2D eigenvalue weighted by atomic mass is 10.1. The molecule has 0 radical (unpaired) electrons. The van der Waals surface area contributed by atoms with Crippen molar-refractivity contribution in [1.82, 2.24) is 16.0 Å².